The van der Waals surface area contributed by atoms with Gasteiger partial charge in [0.05, 0.1) is 18.1 Å². The first-order chi connectivity index (χ1) is 15.9. The molecule has 0 fully saturated rings. The third-order valence-corrected chi connectivity index (χ3v) is 6.38. The molecule has 1 aliphatic carbocycles. The summed E-state index contributed by atoms with van der Waals surface area (Å²) in [6, 6.07) is 13.7. The lowest BCUT2D eigenvalue weighted by Crippen LogP contribution is -2.36. The Morgan fingerprint density at radius 2 is 1.85 bits per heavy atom. The maximum atomic E-state index is 14.9. The normalized spacial score (nSPS) is 20.4. The number of dihydropyridines is 1. The first kappa shape index (κ1) is 23.2. The molecule has 2 aliphatic rings. The number of allylic oxidation sites excluding steroid dienone is 3. The predicted octanol–water partition coefficient (Wildman–Crippen LogP) is 5.03. The largest absolute Gasteiger partial charge is 0.460 e. The van der Waals surface area contributed by atoms with Crippen LogP contribution in [0, 0.1) is 5.82 Å². The van der Waals surface area contributed by atoms with Crippen molar-refractivity contribution in [2.45, 2.75) is 31.6 Å². The minimum atomic E-state index is -0.837. The second kappa shape index (κ2) is 9.89. The van der Waals surface area contributed by atoms with Gasteiger partial charge in [-0.2, -0.15) is 0 Å². The van der Waals surface area contributed by atoms with Gasteiger partial charge in [0, 0.05) is 41.1 Å². The van der Waals surface area contributed by atoms with Crippen molar-refractivity contribution in [2.75, 3.05) is 20.3 Å². The van der Waals surface area contributed by atoms with E-state index in [1.807, 2.05) is 12.1 Å². The van der Waals surface area contributed by atoms with Crippen molar-refractivity contribution in [3.8, 4) is 0 Å². The topological polar surface area (TPSA) is 64.6 Å². The van der Waals surface area contributed by atoms with Crippen molar-refractivity contribution in [3.63, 3.8) is 0 Å². The number of methoxy groups -OCH3 is 1. The first-order valence-corrected chi connectivity index (χ1v) is 11.2. The molecule has 33 heavy (non-hydrogen) atoms. The highest BCUT2D eigenvalue weighted by molar-refractivity contribution is 6.30. The van der Waals surface area contributed by atoms with E-state index in [0.717, 1.165) is 5.56 Å². The number of esters is 1. The summed E-state index contributed by atoms with van der Waals surface area (Å²) in [5.74, 6) is -2.06. The van der Waals surface area contributed by atoms with E-state index in [1.54, 1.807) is 37.3 Å². The Labute approximate surface area is 197 Å². The molecular weight excluding hydrogens is 445 g/mol. The number of carbonyl (C=O) groups is 2. The molecule has 0 saturated carbocycles. The number of ether oxygens (including phenoxy) is 2. The fourth-order valence-electron chi connectivity index (χ4n) is 4.60. The maximum absolute atomic E-state index is 14.9. The molecule has 2 atom stereocenters. The number of ketones is 1. The van der Waals surface area contributed by atoms with Crippen LogP contribution in [0.3, 0.4) is 0 Å². The van der Waals surface area contributed by atoms with Crippen molar-refractivity contribution < 1.29 is 23.5 Å². The molecule has 7 heteroatoms. The number of carbonyl (C=O) groups excluding carboxylic acids is 2. The second-order valence-corrected chi connectivity index (χ2v) is 8.66. The summed E-state index contributed by atoms with van der Waals surface area (Å²) in [6.07, 6.45) is 0.829. The van der Waals surface area contributed by atoms with Gasteiger partial charge >= 0.3 is 5.97 Å². The predicted molar refractivity (Wildman–Crippen MR) is 123 cm³/mol. The molecule has 2 aromatic carbocycles. The van der Waals surface area contributed by atoms with Crippen LogP contribution < -0.4 is 5.32 Å². The van der Waals surface area contributed by atoms with E-state index < -0.39 is 17.7 Å². The van der Waals surface area contributed by atoms with Gasteiger partial charge in [0.2, 0.25) is 0 Å². The molecule has 2 aromatic rings. The lowest BCUT2D eigenvalue weighted by Gasteiger charge is -2.36. The monoisotopic (exact) mass is 469 g/mol. The molecule has 0 radical (unpaired) electrons. The third-order valence-electron chi connectivity index (χ3n) is 6.13. The standard InChI is InChI=1S/C26H25ClFNO4/c1-15-23(26(31)33-12-11-32-2)24(19-5-3-4-6-20(19)28)25-21(29-15)13-17(14-22(25)30)16-7-9-18(27)10-8-16/h3-10,17,24,29H,11-14H2,1-2H3/t17-,24-/m1/s1. The van der Waals surface area contributed by atoms with Gasteiger partial charge in [-0.15, -0.1) is 0 Å². The Kier molecular flexibility index (Phi) is 6.96. The lowest BCUT2D eigenvalue weighted by molar-refractivity contribution is -0.140. The SMILES string of the molecule is COCCOC(=O)C1=C(C)NC2=C(C(=O)C[C@H](c3ccc(Cl)cc3)C2)[C@@H]1c1ccccc1F. The Hall–Kier alpha value is -2.96. The van der Waals surface area contributed by atoms with Crippen molar-refractivity contribution in [3.05, 3.63) is 93.0 Å². The number of rotatable bonds is 6. The van der Waals surface area contributed by atoms with E-state index >= 15 is 0 Å². The van der Waals surface area contributed by atoms with Crippen LogP contribution in [0.4, 0.5) is 4.39 Å². The van der Waals surface area contributed by atoms with Crippen molar-refractivity contribution in [1.82, 2.24) is 5.32 Å². The van der Waals surface area contributed by atoms with Crippen LogP contribution in [-0.2, 0) is 19.1 Å². The molecule has 0 unspecified atom stereocenters. The summed E-state index contributed by atoms with van der Waals surface area (Å²) in [4.78, 5) is 26.5. The summed E-state index contributed by atoms with van der Waals surface area (Å²) in [5, 5.41) is 3.89. The van der Waals surface area contributed by atoms with Gasteiger partial charge in [0.1, 0.15) is 12.4 Å². The average Bonchev–Trinajstić information content (AvgIpc) is 2.79. The number of benzene rings is 2. The molecule has 0 saturated heterocycles. The van der Waals surface area contributed by atoms with Crippen LogP contribution in [0.2, 0.25) is 5.02 Å². The molecule has 172 valence electrons. The van der Waals surface area contributed by atoms with E-state index in [0.29, 0.717) is 28.4 Å². The van der Waals surface area contributed by atoms with E-state index in [2.05, 4.69) is 5.32 Å². The van der Waals surface area contributed by atoms with Crippen LogP contribution in [0.5, 0.6) is 0 Å². The average molecular weight is 470 g/mol. The van der Waals surface area contributed by atoms with Gasteiger partial charge in [-0.05, 0) is 43.0 Å². The van der Waals surface area contributed by atoms with Gasteiger partial charge in [0.25, 0.3) is 0 Å². The van der Waals surface area contributed by atoms with E-state index in [-0.39, 0.29) is 42.5 Å². The third kappa shape index (κ3) is 4.72. The minimum absolute atomic E-state index is 0.0368. The zero-order valence-electron chi connectivity index (χ0n) is 18.5. The molecule has 4 rings (SSSR count). The summed E-state index contributed by atoms with van der Waals surface area (Å²) in [7, 11) is 1.51. The Balaban J connectivity index is 1.76. The van der Waals surface area contributed by atoms with Crippen LogP contribution >= 0.6 is 11.6 Å². The second-order valence-electron chi connectivity index (χ2n) is 8.22. The van der Waals surface area contributed by atoms with Gasteiger partial charge in [-0.3, -0.25) is 4.79 Å². The van der Waals surface area contributed by atoms with Gasteiger partial charge < -0.3 is 14.8 Å². The fourth-order valence-corrected chi connectivity index (χ4v) is 4.72. The highest BCUT2D eigenvalue weighted by Crippen LogP contribution is 2.46. The molecular formula is C26H25ClFNO4. The lowest BCUT2D eigenvalue weighted by atomic mass is 9.71. The van der Waals surface area contributed by atoms with E-state index in [9.17, 15) is 14.0 Å². The van der Waals surface area contributed by atoms with Crippen molar-refractivity contribution in [2.24, 2.45) is 0 Å². The molecule has 0 spiro atoms. The molecule has 0 amide bonds. The number of halogens is 2. The molecule has 5 nitrogen and oxygen atoms in total. The van der Waals surface area contributed by atoms with Crippen LogP contribution in [-0.4, -0.2) is 32.1 Å². The number of Topliss-reactive ketones (excluding diaryl/α,β-unsaturated/α-hetero) is 1. The first-order valence-electron chi connectivity index (χ1n) is 10.8. The number of nitrogens with one attached hydrogen (secondary N) is 1. The highest BCUT2D eigenvalue weighted by atomic mass is 35.5. The molecule has 1 heterocycles. The zero-order chi connectivity index (χ0) is 23.5. The zero-order valence-corrected chi connectivity index (χ0v) is 19.2. The summed E-state index contributed by atoms with van der Waals surface area (Å²) in [6.45, 7) is 2.06. The molecule has 0 bridgehead atoms. The van der Waals surface area contributed by atoms with Gasteiger partial charge in [-0.25, -0.2) is 9.18 Å². The van der Waals surface area contributed by atoms with E-state index in [1.165, 1.54) is 13.2 Å². The van der Waals surface area contributed by atoms with Crippen molar-refractivity contribution >= 4 is 23.4 Å². The molecule has 1 aliphatic heterocycles. The fraction of sp³-hybridized carbons (Fsp3) is 0.308. The van der Waals surface area contributed by atoms with Gasteiger partial charge in [-0.1, -0.05) is 41.9 Å². The minimum Gasteiger partial charge on any atom is -0.460 e. The highest BCUT2D eigenvalue weighted by Gasteiger charge is 2.42. The van der Waals surface area contributed by atoms with Crippen LogP contribution in [0.1, 0.15) is 42.7 Å². The van der Waals surface area contributed by atoms with Crippen molar-refractivity contribution in [1.29, 1.82) is 0 Å². The Bertz CT molecular complexity index is 1140. The quantitative estimate of drug-likeness (QED) is 0.475. The number of hydrogen-bond acceptors (Lipinski definition) is 5. The molecule has 0 aromatic heterocycles. The summed E-state index contributed by atoms with van der Waals surface area (Å²) < 4.78 is 25.3. The maximum Gasteiger partial charge on any atom is 0.336 e. The molecule has 1 N–H and O–H groups in total. The summed E-state index contributed by atoms with van der Waals surface area (Å²) in [5.41, 5.74) is 3.22. The van der Waals surface area contributed by atoms with Crippen LogP contribution in [0.15, 0.2) is 71.1 Å². The van der Waals surface area contributed by atoms with Crippen LogP contribution in [0.25, 0.3) is 0 Å². The number of hydrogen-bond donors (Lipinski definition) is 1. The van der Waals surface area contributed by atoms with Gasteiger partial charge in [0.15, 0.2) is 5.78 Å². The van der Waals surface area contributed by atoms with E-state index in [4.69, 9.17) is 21.1 Å². The Morgan fingerprint density at radius 1 is 1.12 bits per heavy atom. The summed E-state index contributed by atoms with van der Waals surface area (Å²) >= 11 is 6.02. The smallest absolute Gasteiger partial charge is 0.336 e. The Morgan fingerprint density at radius 3 is 2.55 bits per heavy atom.